The van der Waals surface area contributed by atoms with Crippen LogP contribution in [-0.2, 0) is 6.61 Å². The molecule has 5 nitrogen and oxygen atoms in total. The van der Waals surface area contributed by atoms with Gasteiger partial charge in [0.25, 0.3) is 0 Å². The van der Waals surface area contributed by atoms with Gasteiger partial charge in [-0.1, -0.05) is 5.16 Å². The topological polar surface area (TPSA) is 64.7 Å². The van der Waals surface area contributed by atoms with Gasteiger partial charge in [-0.05, 0) is 23.7 Å². The Kier molecular flexibility index (Phi) is 3.74. The Balaban J connectivity index is 2.56. The highest BCUT2D eigenvalue weighted by Crippen LogP contribution is 2.36. The molecular weight excluding hydrogens is 258 g/mol. The lowest BCUT2D eigenvalue weighted by molar-refractivity contribution is 0.281. The lowest BCUT2D eigenvalue weighted by Crippen LogP contribution is -1.93. The van der Waals surface area contributed by atoms with Gasteiger partial charge in [0, 0.05) is 11.6 Å². The monoisotopic (exact) mass is 269 g/mol. The van der Waals surface area contributed by atoms with E-state index in [-0.39, 0.29) is 11.8 Å². The number of halogens is 1. The highest BCUT2D eigenvalue weighted by molar-refractivity contribution is 6.29. The summed E-state index contributed by atoms with van der Waals surface area (Å²) >= 11 is 5.79. The number of benzene rings is 1. The van der Waals surface area contributed by atoms with Crippen LogP contribution in [0, 0.1) is 0 Å². The number of hydrogen-bond acceptors (Lipinski definition) is 5. The van der Waals surface area contributed by atoms with E-state index in [4.69, 9.17) is 25.6 Å². The largest absolute Gasteiger partial charge is 0.497 e. The van der Waals surface area contributed by atoms with Crippen molar-refractivity contribution in [3.63, 3.8) is 0 Å². The second-order valence-electron chi connectivity index (χ2n) is 3.51. The van der Waals surface area contributed by atoms with Crippen molar-refractivity contribution in [2.45, 2.75) is 6.61 Å². The summed E-state index contributed by atoms with van der Waals surface area (Å²) < 4.78 is 15.2. The summed E-state index contributed by atoms with van der Waals surface area (Å²) in [7, 11) is 3.11. The van der Waals surface area contributed by atoms with Crippen LogP contribution in [0.1, 0.15) is 5.56 Å². The standard InChI is InChI=1S/C12H12ClNO4/c1-16-7-3-4-8(10(5-7)17-2)11-9(6-15)12(13)18-14-11/h3-5,15H,6H2,1-2H3. The molecule has 6 heteroatoms. The van der Waals surface area contributed by atoms with Gasteiger partial charge in [0.2, 0.25) is 5.22 Å². The molecule has 0 aliphatic carbocycles. The van der Waals surface area contributed by atoms with Crippen LogP contribution in [0.2, 0.25) is 5.22 Å². The molecule has 0 atom stereocenters. The third-order valence-electron chi connectivity index (χ3n) is 2.56. The average Bonchev–Trinajstić information content (AvgIpc) is 2.78. The number of methoxy groups -OCH3 is 2. The van der Waals surface area contributed by atoms with Crippen LogP contribution in [0.4, 0.5) is 0 Å². The summed E-state index contributed by atoms with van der Waals surface area (Å²) in [4.78, 5) is 0. The number of aromatic nitrogens is 1. The third kappa shape index (κ3) is 2.14. The molecule has 0 radical (unpaired) electrons. The number of ether oxygens (including phenoxy) is 2. The van der Waals surface area contributed by atoms with Crippen LogP contribution in [-0.4, -0.2) is 24.5 Å². The smallest absolute Gasteiger partial charge is 0.232 e. The quantitative estimate of drug-likeness (QED) is 0.924. The number of aliphatic hydroxyl groups excluding tert-OH is 1. The van der Waals surface area contributed by atoms with E-state index in [2.05, 4.69) is 5.16 Å². The summed E-state index contributed by atoms with van der Waals surface area (Å²) in [6, 6.07) is 5.26. The SMILES string of the molecule is COc1ccc(-c2noc(Cl)c2CO)c(OC)c1. The molecule has 0 saturated carbocycles. The van der Waals surface area contributed by atoms with Gasteiger partial charge in [0.15, 0.2) is 0 Å². The van der Waals surface area contributed by atoms with E-state index in [1.807, 2.05) is 0 Å². The average molecular weight is 270 g/mol. The maximum absolute atomic E-state index is 9.26. The molecule has 1 aromatic heterocycles. The molecule has 1 heterocycles. The molecule has 0 saturated heterocycles. The molecule has 18 heavy (non-hydrogen) atoms. The Morgan fingerprint density at radius 2 is 2.11 bits per heavy atom. The highest BCUT2D eigenvalue weighted by atomic mass is 35.5. The molecule has 1 aromatic carbocycles. The molecule has 0 amide bonds. The first-order chi connectivity index (χ1) is 8.71. The lowest BCUT2D eigenvalue weighted by Gasteiger charge is -2.09. The number of aliphatic hydroxyl groups is 1. The zero-order chi connectivity index (χ0) is 13.1. The molecular formula is C12H12ClNO4. The van der Waals surface area contributed by atoms with Crippen molar-refractivity contribution in [2.24, 2.45) is 0 Å². The molecule has 1 N–H and O–H groups in total. The normalized spacial score (nSPS) is 10.4. The Morgan fingerprint density at radius 3 is 2.72 bits per heavy atom. The van der Waals surface area contributed by atoms with Crippen LogP contribution >= 0.6 is 11.6 Å². The number of rotatable bonds is 4. The predicted octanol–water partition coefficient (Wildman–Crippen LogP) is 2.50. The number of nitrogens with zero attached hydrogens (tertiary/aromatic N) is 1. The Morgan fingerprint density at radius 1 is 1.33 bits per heavy atom. The fraction of sp³-hybridized carbons (Fsp3) is 0.250. The number of hydrogen-bond donors (Lipinski definition) is 1. The van der Waals surface area contributed by atoms with E-state index in [1.165, 1.54) is 0 Å². The molecule has 2 rings (SSSR count). The van der Waals surface area contributed by atoms with Crippen molar-refractivity contribution in [2.75, 3.05) is 14.2 Å². The zero-order valence-electron chi connectivity index (χ0n) is 9.94. The van der Waals surface area contributed by atoms with Crippen molar-refractivity contribution in [1.29, 1.82) is 0 Å². The van der Waals surface area contributed by atoms with E-state index in [0.29, 0.717) is 28.3 Å². The van der Waals surface area contributed by atoms with Crippen molar-refractivity contribution in [3.8, 4) is 22.8 Å². The van der Waals surface area contributed by atoms with Gasteiger partial charge in [-0.2, -0.15) is 0 Å². The van der Waals surface area contributed by atoms with Gasteiger partial charge in [0.05, 0.1) is 26.4 Å². The molecule has 0 aliphatic rings. The third-order valence-corrected chi connectivity index (χ3v) is 2.86. The van der Waals surface area contributed by atoms with Gasteiger partial charge >= 0.3 is 0 Å². The molecule has 0 aliphatic heterocycles. The van der Waals surface area contributed by atoms with Gasteiger partial charge in [-0.25, -0.2) is 0 Å². The van der Waals surface area contributed by atoms with E-state index in [1.54, 1.807) is 32.4 Å². The van der Waals surface area contributed by atoms with Gasteiger partial charge in [0.1, 0.15) is 17.2 Å². The van der Waals surface area contributed by atoms with Gasteiger partial charge in [-0.3, -0.25) is 0 Å². The maximum atomic E-state index is 9.26. The molecule has 2 aromatic rings. The van der Waals surface area contributed by atoms with Crippen LogP contribution in [0.3, 0.4) is 0 Å². The van der Waals surface area contributed by atoms with Gasteiger partial charge < -0.3 is 19.1 Å². The van der Waals surface area contributed by atoms with Crippen LogP contribution in [0.5, 0.6) is 11.5 Å². The van der Waals surface area contributed by atoms with E-state index >= 15 is 0 Å². The first kappa shape index (κ1) is 12.7. The maximum Gasteiger partial charge on any atom is 0.232 e. The lowest BCUT2D eigenvalue weighted by atomic mass is 10.1. The fourth-order valence-electron chi connectivity index (χ4n) is 1.63. The molecule has 0 spiro atoms. The molecule has 0 fully saturated rings. The highest BCUT2D eigenvalue weighted by Gasteiger charge is 2.18. The van der Waals surface area contributed by atoms with Crippen molar-refractivity contribution in [1.82, 2.24) is 5.16 Å². The van der Waals surface area contributed by atoms with Gasteiger partial charge in [-0.15, -0.1) is 0 Å². The summed E-state index contributed by atoms with van der Waals surface area (Å²) in [6.07, 6.45) is 0. The summed E-state index contributed by atoms with van der Waals surface area (Å²) in [5.74, 6) is 1.23. The minimum Gasteiger partial charge on any atom is -0.497 e. The predicted molar refractivity (Wildman–Crippen MR) is 66.0 cm³/mol. The Labute approximate surface area is 109 Å². The summed E-state index contributed by atoms with van der Waals surface area (Å²) in [5, 5.41) is 13.2. The van der Waals surface area contributed by atoms with E-state index in [9.17, 15) is 5.11 Å². The Bertz CT molecular complexity index is 553. The van der Waals surface area contributed by atoms with E-state index < -0.39 is 0 Å². The minimum atomic E-state index is -0.257. The second kappa shape index (κ2) is 5.29. The molecule has 0 unspecified atom stereocenters. The first-order valence-electron chi connectivity index (χ1n) is 5.18. The van der Waals surface area contributed by atoms with Crippen LogP contribution in [0.15, 0.2) is 22.7 Å². The van der Waals surface area contributed by atoms with Crippen molar-refractivity contribution in [3.05, 3.63) is 29.0 Å². The zero-order valence-corrected chi connectivity index (χ0v) is 10.7. The molecule has 96 valence electrons. The second-order valence-corrected chi connectivity index (χ2v) is 3.85. The van der Waals surface area contributed by atoms with Crippen LogP contribution in [0.25, 0.3) is 11.3 Å². The first-order valence-corrected chi connectivity index (χ1v) is 5.56. The van der Waals surface area contributed by atoms with Crippen molar-refractivity contribution >= 4 is 11.6 Å². The summed E-state index contributed by atoms with van der Waals surface area (Å²) in [6.45, 7) is -0.257. The van der Waals surface area contributed by atoms with Crippen molar-refractivity contribution < 1.29 is 19.1 Å². The van der Waals surface area contributed by atoms with Crippen LogP contribution < -0.4 is 9.47 Å². The summed E-state index contributed by atoms with van der Waals surface area (Å²) in [5.41, 5.74) is 1.57. The Hall–Kier alpha value is -1.72. The minimum absolute atomic E-state index is 0.0744. The molecule has 0 bridgehead atoms. The fourth-order valence-corrected chi connectivity index (χ4v) is 1.82. The van der Waals surface area contributed by atoms with E-state index in [0.717, 1.165) is 0 Å².